The fourth-order valence-electron chi connectivity index (χ4n) is 4.91. The average Bonchev–Trinajstić information content (AvgIpc) is 2.79. The van der Waals surface area contributed by atoms with Gasteiger partial charge in [0, 0.05) is 11.3 Å². The third kappa shape index (κ3) is 3.43. The standard InChI is InChI=1S/C26H27N3O/c1-30-22-11-5-9-20(16-22)18-7-4-8-19(15-18)21-10-6-14-26(17-21)28-24-13-3-2-12-23(24)25(27)29-26/h2-5,7-9,11-13,15-16,21,28H,6,10,14,17H2,1H3,(H2,27,29). The van der Waals surface area contributed by atoms with Gasteiger partial charge in [-0.1, -0.05) is 48.5 Å². The Morgan fingerprint density at radius 2 is 1.80 bits per heavy atom. The first kappa shape index (κ1) is 18.7. The number of fused-ring (bicyclic) bond motifs is 1. The molecule has 1 saturated carbocycles. The third-order valence-electron chi connectivity index (χ3n) is 6.39. The SMILES string of the molecule is COc1cccc(-c2cccc(C3CCCC4(C3)N=C(N)c3ccccc3N4)c2)c1. The lowest BCUT2D eigenvalue weighted by Gasteiger charge is -2.42. The van der Waals surface area contributed by atoms with Crippen molar-refractivity contribution in [2.75, 3.05) is 12.4 Å². The number of anilines is 1. The maximum atomic E-state index is 6.36. The van der Waals surface area contributed by atoms with Crippen LogP contribution in [0.1, 0.15) is 42.7 Å². The summed E-state index contributed by atoms with van der Waals surface area (Å²) in [4.78, 5) is 4.96. The van der Waals surface area contributed by atoms with E-state index in [1.807, 2.05) is 24.3 Å². The molecule has 4 nitrogen and oxygen atoms in total. The maximum absolute atomic E-state index is 6.36. The average molecular weight is 398 g/mol. The van der Waals surface area contributed by atoms with E-state index < -0.39 is 0 Å². The van der Waals surface area contributed by atoms with Crippen molar-refractivity contribution in [2.45, 2.75) is 37.3 Å². The van der Waals surface area contributed by atoms with Crippen LogP contribution in [0, 0.1) is 0 Å². The van der Waals surface area contributed by atoms with Gasteiger partial charge in [-0.15, -0.1) is 0 Å². The first-order valence-corrected chi connectivity index (χ1v) is 10.6. The van der Waals surface area contributed by atoms with E-state index in [1.165, 1.54) is 23.1 Å². The molecular weight excluding hydrogens is 370 g/mol. The number of para-hydroxylation sites is 1. The van der Waals surface area contributed by atoms with Crippen molar-refractivity contribution in [2.24, 2.45) is 10.7 Å². The number of hydrogen-bond donors (Lipinski definition) is 2. The van der Waals surface area contributed by atoms with Crippen molar-refractivity contribution in [3.63, 3.8) is 0 Å². The van der Waals surface area contributed by atoms with Gasteiger partial charge >= 0.3 is 0 Å². The molecule has 4 heteroatoms. The highest BCUT2D eigenvalue weighted by atomic mass is 16.5. The molecule has 1 fully saturated rings. The summed E-state index contributed by atoms with van der Waals surface area (Å²) in [7, 11) is 1.71. The smallest absolute Gasteiger partial charge is 0.132 e. The number of benzene rings is 3. The Hall–Kier alpha value is -3.27. The molecular formula is C26H27N3O. The largest absolute Gasteiger partial charge is 0.497 e. The van der Waals surface area contributed by atoms with Gasteiger partial charge in [0.25, 0.3) is 0 Å². The van der Waals surface area contributed by atoms with E-state index in [0.29, 0.717) is 11.8 Å². The zero-order chi connectivity index (χ0) is 20.6. The van der Waals surface area contributed by atoms with Crippen LogP contribution in [0.4, 0.5) is 5.69 Å². The van der Waals surface area contributed by atoms with Crippen LogP contribution < -0.4 is 15.8 Å². The zero-order valence-electron chi connectivity index (χ0n) is 17.3. The van der Waals surface area contributed by atoms with Crippen LogP contribution in [-0.2, 0) is 0 Å². The van der Waals surface area contributed by atoms with E-state index in [9.17, 15) is 0 Å². The second kappa shape index (κ2) is 7.52. The lowest BCUT2D eigenvalue weighted by Crippen LogP contribution is -2.45. The molecule has 2 aliphatic rings. The molecule has 3 aromatic rings. The fourth-order valence-corrected chi connectivity index (χ4v) is 4.91. The van der Waals surface area contributed by atoms with E-state index in [2.05, 4.69) is 53.8 Å². The van der Waals surface area contributed by atoms with Crippen molar-refractivity contribution >= 4 is 11.5 Å². The van der Waals surface area contributed by atoms with Crippen molar-refractivity contribution in [3.05, 3.63) is 83.9 Å². The molecule has 5 rings (SSSR count). The minimum Gasteiger partial charge on any atom is -0.497 e. The predicted octanol–water partition coefficient (Wildman–Crippen LogP) is 5.55. The van der Waals surface area contributed by atoms with Crippen molar-refractivity contribution in [1.29, 1.82) is 0 Å². The Labute approximate surface area is 177 Å². The first-order chi connectivity index (χ1) is 14.7. The summed E-state index contributed by atoms with van der Waals surface area (Å²) in [5, 5.41) is 3.72. The number of rotatable bonds is 3. The Bertz CT molecular complexity index is 1110. The number of nitrogens with two attached hydrogens (primary N) is 1. The molecule has 3 N–H and O–H groups in total. The van der Waals surface area contributed by atoms with Crippen LogP contribution in [0.2, 0.25) is 0 Å². The van der Waals surface area contributed by atoms with E-state index >= 15 is 0 Å². The van der Waals surface area contributed by atoms with E-state index in [0.717, 1.165) is 36.3 Å². The molecule has 0 radical (unpaired) electrons. The molecule has 0 amide bonds. The Morgan fingerprint density at radius 1 is 1.00 bits per heavy atom. The summed E-state index contributed by atoms with van der Waals surface area (Å²) in [5.41, 5.74) is 11.9. The van der Waals surface area contributed by atoms with Gasteiger partial charge in [0.05, 0.1) is 7.11 Å². The molecule has 30 heavy (non-hydrogen) atoms. The highest BCUT2D eigenvalue weighted by molar-refractivity contribution is 6.04. The number of ether oxygens (including phenoxy) is 1. The summed E-state index contributed by atoms with van der Waals surface area (Å²) in [6.45, 7) is 0. The number of nitrogens with one attached hydrogen (secondary N) is 1. The van der Waals surface area contributed by atoms with Crippen LogP contribution in [-0.4, -0.2) is 18.6 Å². The van der Waals surface area contributed by atoms with Gasteiger partial charge in [-0.25, -0.2) is 4.99 Å². The van der Waals surface area contributed by atoms with Crippen molar-refractivity contribution in [3.8, 4) is 16.9 Å². The third-order valence-corrected chi connectivity index (χ3v) is 6.39. The van der Waals surface area contributed by atoms with E-state index in [-0.39, 0.29) is 5.66 Å². The monoisotopic (exact) mass is 397 g/mol. The number of amidine groups is 1. The molecule has 2 atom stereocenters. The van der Waals surface area contributed by atoms with Gasteiger partial charge in [0.1, 0.15) is 17.2 Å². The Kier molecular flexibility index (Phi) is 4.70. The first-order valence-electron chi connectivity index (χ1n) is 10.6. The van der Waals surface area contributed by atoms with Gasteiger partial charge in [0.15, 0.2) is 0 Å². The summed E-state index contributed by atoms with van der Waals surface area (Å²) < 4.78 is 5.40. The van der Waals surface area contributed by atoms with Crippen LogP contribution in [0.3, 0.4) is 0 Å². The van der Waals surface area contributed by atoms with Crippen molar-refractivity contribution < 1.29 is 4.74 Å². The molecule has 1 heterocycles. The molecule has 0 bridgehead atoms. The van der Waals surface area contributed by atoms with Gasteiger partial charge < -0.3 is 15.8 Å². The lowest BCUT2D eigenvalue weighted by atomic mass is 9.76. The quantitative estimate of drug-likeness (QED) is 0.609. The lowest BCUT2D eigenvalue weighted by molar-refractivity contribution is 0.301. The van der Waals surface area contributed by atoms with E-state index in [4.69, 9.17) is 15.5 Å². The van der Waals surface area contributed by atoms with Crippen molar-refractivity contribution in [1.82, 2.24) is 0 Å². The van der Waals surface area contributed by atoms with Gasteiger partial charge in [-0.3, -0.25) is 0 Å². The fraction of sp³-hybridized carbons (Fsp3) is 0.269. The maximum Gasteiger partial charge on any atom is 0.132 e. The second-order valence-electron chi connectivity index (χ2n) is 8.35. The minimum atomic E-state index is -0.312. The van der Waals surface area contributed by atoms with E-state index in [1.54, 1.807) is 7.11 Å². The molecule has 1 spiro atoms. The molecule has 1 aliphatic heterocycles. The van der Waals surface area contributed by atoms with Crippen LogP contribution >= 0.6 is 0 Å². The number of nitrogens with zero attached hydrogens (tertiary/aromatic N) is 1. The topological polar surface area (TPSA) is 59.6 Å². The van der Waals surface area contributed by atoms with Crippen LogP contribution in [0.25, 0.3) is 11.1 Å². The molecule has 0 aromatic heterocycles. The molecule has 3 aromatic carbocycles. The highest BCUT2D eigenvalue weighted by Gasteiger charge is 2.39. The minimum absolute atomic E-state index is 0.312. The molecule has 2 unspecified atom stereocenters. The molecule has 1 aliphatic carbocycles. The normalized spacial score (nSPS) is 22.7. The Morgan fingerprint density at radius 3 is 2.67 bits per heavy atom. The van der Waals surface area contributed by atoms with Crippen LogP contribution in [0.15, 0.2) is 77.8 Å². The van der Waals surface area contributed by atoms with Gasteiger partial charge in [0.2, 0.25) is 0 Å². The number of hydrogen-bond acceptors (Lipinski definition) is 4. The van der Waals surface area contributed by atoms with Crippen LogP contribution in [0.5, 0.6) is 5.75 Å². The van der Waals surface area contributed by atoms with Gasteiger partial charge in [-0.05, 0) is 72.6 Å². The number of aliphatic imine (C=N–C) groups is 1. The number of methoxy groups -OCH3 is 1. The summed E-state index contributed by atoms with van der Waals surface area (Å²) >= 11 is 0. The highest BCUT2D eigenvalue weighted by Crippen LogP contribution is 2.44. The predicted molar refractivity (Wildman–Crippen MR) is 123 cm³/mol. The zero-order valence-corrected chi connectivity index (χ0v) is 17.3. The second-order valence-corrected chi connectivity index (χ2v) is 8.35. The summed E-state index contributed by atoms with van der Waals surface area (Å²) in [5.74, 6) is 1.97. The molecule has 0 saturated heterocycles. The summed E-state index contributed by atoms with van der Waals surface area (Å²) in [6, 6.07) is 25.3. The summed E-state index contributed by atoms with van der Waals surface area (Å²) in [6.07, 6.45) is 4.25. The molecule has 152 valence electrons. The Balaban J connectivity index is 1.44. The van der Waals surface area contributed by atoms with Gasteiger partial charge in [-0.2, -0.15) is 0 Å².